The van der Waals surface area contributed by atoms with Gasteiger partial charge in [-0.2, -0.15) is 0 Å². The Morgan fingerprint density at radius 1 is 1.29 bits per heavy atom. The van der Waals surface area contributed by atoms with Gasteiger partial charge in [0.25, 0.3) is 5.56 Å². The highest BCUT2D eigenvalue weighted by Crippen LogP contribution is 2.21. The molecule has 4 nitrogen and oxygen atoms in total. The highest BCUT2D eigenvalue weighted by molar-refractivity contribution is 5.47. The summed E-state index contributed by atoms with van der Waals surface area (Å²) < 4.78 is 5.48. The first-order valence-corrected chi connectivity index (χ1v) is 5.93. The fourth-order valence-electron chi connectivity index (χ4n) is 2.28. The molecule has 0 saturated carbocycles. The number of H-pyrrole nitrogens is 1. The monoisotopic (exact) mass is 230 g/mol. The first kappa shape index (κ1) is 10.3. The molecule has 0 spiro atoms. The van der Waals surface area contributed by atoms with E-state index in [2.05, 4.69) is 9.97 Å². The Kier molecular flexibility index (Phi) is 2.35. The van der Waals surface area contributed by atoms with Crippen LogP contribution in [0.15, 0.2) is 21.3 Å². The van der Waals surface area contributed by atoms with Crippen molar-refractivity contribution in [1.29, 1.82) is 0 Å². The second kappa shape index (κ2) is 3.87. The molecule has 1 aliphatic carbocycles. The SMILES string of the molecule is Cc1ccc(-c2nc3c(c(=O)[nH]2)CCCC3)o1. The van der Waals surface area contributed by atoms with Gasteiger partial charge >= 0.3 is 0 Å². The first-order chi connectivity index (χ1) is 8.24. The average Bonchev–Trinajstić information content (AvgIpc) is 2.76. The fraction of sp³-hybridized carbons (Fsp3) is 0.385. The maximum Gasteiger partial charge on any atom is 0.254 e. The molecule has 1 aliphatic rings. The molecule has 0 aromatic carbocycles. The molecular formula is C13H14N2O2. The number of nitrogens with one attached hydrogen (secondary N) is 1. The molecule has 2 aromatic rings. The van der Waals surface area contributed by atoms with E-state index in [9.17, 15) is 4.79 Å². The number of furan rings is 1. The van der Waals surface area contributed by atoms with E-state index in [4.69, 9.17) is 4.42 Å². The minimum Gasteiger partial charge on any atom is -0.458 e. The van der Waals surface area contributed by atoms with Gasteiger partial charge in [-0.15, -0.1) is 0 Å². The van der Waals surface area contributed by atoms with Gasteiger partial charge in [-0.05, 0) is 44.7 Å². The summed E-state index contributed by atoms with van der Waals surface area (Å²) in [7, 11) is 0. The highest BCUT2D eigenvalue weighted by atomic mass is 16.3. The number of aromatic nitrogens is 2. The lowest BCUT2D eigenvalue weighted by Crippen LogP contribution is -2.21. The molecule has 2 aromatic heterocycles. The predicted octanol–water partition coefficient (Wildman–Crippen LogP) is 2.22. The lowest BCUT2D eigenvalue weighted by atomic mass is 9.97. The van der Waals surface area contributed by atoms with Crippen LogP contribution in [-0.4, -0.2) is 9.97 Å². The Balaban J connectivity index is 2.13. The molecule has 88 valence electrons. The molecule has 0 aliphatic heterocycles. The van der Waals surface area contributed by atoms with Gasteiger partial charge in [-0.3, -0.25) is 4.79 Å². The van der Waals surface area contributed by atoms with Crippen molar-refractivity contribution in [2.24, 2.45) is 0 Å². The van der Waals surface area contributed by atoms with Crippen molar-refractivity contribution in [2.75, 3.05) is 0 Å². The number of nitrogens with zero attached hydrogens (tertiary/aromatic N) is 1. The van der Waals surface area contributed by atoms with Crippen molar-refractivity contribution >= 4 is 0 Å². The largest absolute Gasteiger partial charge is 0.458 e. The summed E-state index contributed by atoms with van der Waals surface area (Å²) >= 11 is 0. The summed E-state index contributed by atoms with van der Waals surface area (Å²) in [6.45, 7) is 1.88. The predicted molar refractivity (Wildman–Crippen MR) is 63.9 cm³/mol. The van der Waals surface area contributed by atoms with Gasteiger partial charge in [0, 0.05) is 5.56 Å². The van der Waals surface area contributed by atoms with Crippen LogP contribution in [0, 0.1) is 6.92 Å². The third kappa shape index (κ3) is 1.79. The van der Waals surface area contributed by atoms with Crippen LogP contribution in [0.2, 0.25) is 0 Å². The third-order valence-corrected chi connectivity index (χ3v) is 3.17. The van der Waals surface area contributed by atoms with Crippen molar-refractivity contribution < 1.29 is 4.42 Å². The van der Waals surface area contributed by atoms with E-state index >= 15 is 0 Å². The van der Waals surface area contributed by atoms with E-state index in [1.54, 1.807) is 0 Å². The molecule has 0 bridgehead atoms. The van der Waals surface area contributed by atoms with Crippen LogP contribution in [-0.2, 0) is 12.8 Å². The van der Waals surface area contributed by atoms with E-state index in [0.29, 0.717) is 11.6 Å². The third-order valence-electron chi connectivity index (χ3n) is 3.17. The van der Waals surface area contributed by atoms with Crippen molar-refractivity contribution in [3.05, 3.63) is 39.5 Å². The van der Waals surface area contributed by atoms with E-state index in [1.807, 2.05) is 19.1 Å². The van der Waals surface area contributed by atoms with Crippen molar-refractivity contribution in [3.63, 3.8) is 0 Å². The summed E-state index contributed by atoms with van der Waals surface area (Å²) in [6.07, 6.45) is 3.93. The van der Waals surface area contributed by atoms with Crippen LogP contribution >= 0.6 is 0 Å². The van der Waals surface area contributed by atoms with Crippen molar-refractivity contribution in [3.8, 4) is 11.6 Å². The zero-order chi connectivity index (χ0) is 11.8. The Morgan fingerprint density at radius 2 is 2.12 bits per heavy atom. The summed E-state index contributed by atoms with van der Waals surface area (Å²) in [4.78, 5) is 19.2. The molecule has 17 heavy (non-hydrogen) atoms. The van der Waals surface area contributed by atoms with Crippen LogP contribution in [0.3, 0.4) is 0 Å². The molecule has 0 saturated heterocycles. The van der Waals surface area contributed by atoms with Crippen molar-refractivity contribution in [2.45, 2.75) is 32.6 Å². The zero-order valence-electron chi connectivity index (χ0n) is 9.75. The van der Waals surface area contributed by atoms with Crippen LogP contribution in [0.4, 0.5) is 0 Å². The molecule has 2 heterocycles. The smallest absolute Gasteiger partial charge is 0.254 e. The van der Waals surface area contributed by atoms with Gasteiger partial charge in [-0.25, -0.2) is 4.98 Å². The quantitative estimate of drug-likeness (QED) is 0.817. The van der Waals surface area contributed by atoms with Gasteiger partial charge in [-0.1, -0.05) is 0 Å². The Bertz CT molecular complexity index is 610. The summed E-state index contributed by atoms with van der Waals surface area (Å²) in [5.74, 6) is 2.00. The number of hydrogen-bond acceptors (Lipinski definition) is 3. The number of fused-ring (bicyclic) bond motifs is 1. The molecular weight excluding hydrogens is 216 g/mol. The molecule has 0 atom stereocenters. The minimum atomic E-state index is -0.0150. The Morgan fingerprint density at radius 3 is 2.88 bits per heavy atom. The molecule has 0 radical (unpaired) electrons. The average molecular weight is 230 g/mol. The second-order valence-electron chi connectivity index (χ2n) is 4.46. The van der Waals surface area contributed by atoms with Crippen LogP contribution in [0.5, 0.6) is 0 Å². The topological polar surface area (TPSA) is 58.9 Å². The first-order valence-electron chi connectivity index (χ1n) is 5.93. The number of rotatable bonds is 1. The number of aryl methyl sites for hydroxylation is 2. The standard InChI is InChI=1S/C13H14N2O2/c1-8-6-7-11(17-8)12-14-10-5-3-2-4-9(10)13(16)15-12/h6-7H,2-5H2,1H3,(H,14,15,16). The molecule has 0 amide bonds. The van der Waals surface area contributed by atoms with E-state index in [0.717, 1.165) is 42.7 Å². The summed E-state index contributed by atoms with van der Waals surface area (Å²) in [6, 6.07) is 3.71. The maximum atomic E-state index is 11.9. The van der Waals surface area contributed by atoms with Crippen molar-refractivity contribution in [1.82, 2.24) is 9.97 Å². The lowest BCUT2D eigenvalue weighted by Gasteiger charge is -2.13. The minimum absolute atomic E-state index is 0.0150. The van der Waals surface area contributed by atoms with E-state index in [-0.39, 0.29) is 5.56 Å². The number of aromatic amines is 1. The zero-order valence-corrected chi connectivity index (χ0v) is 9.75. The van der Waals surface area contributed by atoms with E-state index in [1.165, 1.54) is 0 Å². The summed E-state index contributed by atoms with van der Waals surface area (Å²) in [5.41, 5.74) is 1.77. The van der Waals surface area contributed by atoms with Crippen LogP contribution < -0.4 is 5.56 Å². The molecule has 4 heteroatoms. The lowest BCUT2D eigenvalue weighted by molar-refractivity contribution is 0.542. The molecule has 0 unspecified atom stereocenters. The summed E-state index contributed by atoms with van der Waals surface area (Å²) in [5, 5.41) is 0. The Hall–Kier alpha value is -1.84. The maximum absolute atomic E-state index is 11.9. The fourth-order valence-corrected chi connectivity index (χ4v) is 2.28. The van der Waals surface area contributed by atoms with Gasteiger partial charge in [0.15, 0.2) is 11.6 Å². The molecule has 3 rings (SSSR count). The van der Waals surface area contributed by atoms with Gasteiger partial charge in [0.2, 0.25) is 0 Å². The molecule has 0 fully saturated rings. The van der Waals surface area contributed by atoms with Gasteiger partial charge in [0.05, 0.1) is 5.69 Å². The number of hydrogen-bond donors (Lipinski definition) is 1. The van der Waals surface area contributed by atoms with Crippen LogP contribution in [0.1, 0.15) is 29.9 Å². The van der Waals surface area contributed by atoms with Gasteiger partial charge < -0.3 is 9.40 Å². The molecule has 1 N–H and O–H groups in total. The normalized spacial score (nSPS) is 14.6. The van der Waals surface area contributed by atoms with Crippen LogP contribution in [0.25, 0.3) is 11.6 Å². The Labute approximate surface area is 98.7 Å². The highest BCUT2D eigenvalue weighted by Gasteiger charge is 2.17. The van der Waals surface area contributed by atoms with Gasteiger partial charge in [0.1, 0.15) is 5.76 Å². The van der Waals surface area contributed by atoms with E-state index < -0.39 is 0 Å². The second-order valence-corrected chi connectivity index (χ2v) is 4.46.